The van der Waals surface area contributed by atoms with Gasteiger partial charge in [-0.05, 0) is 30.7 Å². The van der Waals surface area contributed by atoms with Crippen molar-refractivity contribution in [2.24, 2.45) is 12.8 Å². The summed E-state index contributed by atoms with van der Waals surface area (Å²) in [4.78, 5) is 0. The van der Waals surface area contributed by atoms with Crippen LogP contribution in [0.25, 0.3) is 0 Å². The third kappa shape index (κ3) is 2.83. The molecule has 18 heavy (non-hydrogen) atoms. The van der Waals surface area contributed by atoms with Gasteiger partial charge in [0.1, 0.15) is 12.4 Å². The molecule has 0 spiro atoms. The first-order valence-corrected chi connectivity index (χ1v) is 6.08. The molecule has 2 rings (SSSR count). The largest absolute Gasteiger partial charge is 0.486 e. The summed E-state index contributed by atoms with van der Waals surface area (Å²) in [5.74, 6) is 0.660. The van der Waals surface area contributed by atoms with Crippen molar-refractivity contribution < 1.29 is 4.74 Å². The number of halogens is 1. The molecule has 0 aliphatic carbocycles. The maximum atomic E-state index is 6.12. The van der Waals surface area contributed by atoms with Gasteiger partial charge in [0.2, 0.25) is 0 Å². The predicted octanol–water partition coefficient (Wildman–Crippen LogP) is 2.42. The van der Waals surface area contributed by atoms with Gasteiger partial charge in [-0.3, -0.25) is 4.68 Å². The van der Waals surface area contributed by atoms with Gasteiger partial charge in [-0.15, -0.1) is 0 Å². The Kier molecular flexibility index (Phi) is 3.89. The molecule has 4 nitrogen and oxygen atoms in total. The summed E-state index contributed by atoms with van der Waals surface area (Å²) < 4.78 is 7.49. The molecule has 0 amide bonds. The van der Waals surface area contributed by atoms with Crippen molar-refractivity contribution in [3.63, 3.8) is 0 Å². The number of nitrogens with two attached hydrogens (primary N) is 1. The van der Waals surface area contributed by atoms with Gasteiger partial charge in [-0.1, -0.05) is 17.7 Å². The zero-order valence-electron chi connectivity index (χ0n) is 10.5. The molecule has 96 valence electrons. The molecule has 0 saturated carbocycles. The zero-order valence-corrected chi connectivity index (χ0v) is 11.2. The highest BCUT2D eigenvalue weighted by molar-refractivity contribution is 6.32. The van der Waals surface area contributed by atoms with Crippen LogP contribution in [0.3, 0.4) is 0 Å². The van der Waals surface area contributed by atoms with Crippen molar-refractivity contribution in [3.05, 3.63) is 46.2 Å². The van der Waals surface area contributed by atoms with Crippen LogP contribution in [-0.4, -0.2) is 9.78 Å². The number of aryl methyl sites for hydroxylation is 2. The summed E-state index contributed by atoms with van der Waals surface area (Å²) in [6.07, 6.45) is 0. The maximum Gasteiger partial charge on any atom is 0.138 e. The van der Waals surface area contributed by atoms with E-state index < -0.39 is 0 Å². The van der Waals surface area contributed by atoms with Crippen LogP contribution in [0, 0.1) is 6.92 Å². The number of aromatic nitrogens is 2. The minimum atomic E-state index is 0.443. The van der Waals surface area contributed by atoms with Crippen LogP contribution in [0.5, 0.6) is 5.75 Å². The molecule has 0 aliphatic rings. The number of hydrogen-bond acceptors (Lipinski definition) is 3. The van der Waals surface area contributed by atoms with Gasteiger partial charge in [0.15, 0.2) is 0 Å². The summed E-state index contributed by atoms with van der Waals surface area (Å²) in [5.41, 5.74) is 8.51. The standard InChI is InChI=1S/C13H16ClN3O/c1-9-5-11(17(2)16-9)8-18-13-4-3-10(7-15)6-12(13)14/h3-6H,7-8,15H2,1-2H3. The van der Waals surface area contributed by atoms with Crippen LogP contribution >= 0.6 is 11.6 Å². The van der Waals surface area contributed by atoms with Crippen molar-refractivity contribution in [2.75, 3.05) is 0 Å². The number of rotatable bonds is 4. The fraction of sp³-hybridized carbons (Fsp3) is 0.308. The average Bonchev–Trinajstić information content (AvgIpc) is 2.66. The Morgan fingerprint density at radius 2 is 2.17 bits per heavy atom. The summed E-state index contributed by atoms with van der Waals surface area (Å²) in [6.45, 7) is 2.87. The lowest BCUT2D eigenvalue weighted by atomic mass is 10.2. The Morgan fingerprint density at radius 1 is 1.39 bits per heavy atom. The molecule has 2 aromatic rings. The monoisotopic (exact) mass is 265 g/mol. The van der Waals surface area contributed by atoms with Crippen molar-refractivity contribution in [1.29, 1.82) is 0 Å². The van der Waals surface area contributed by atoms with Crippen molar-refractivity contribution in [1.82, 2.24) is 9.78 Å². The summed E-state index contributed by atoms with van der Waals surface area (Å²) >= 11 is 6.12. The van der Waals surface area contributed by atoms with Crippen LogP contribution in [0.15, 0.2) is 24.3 Å². The van der Waals surface area contributed by atoms with Crippen LogP contribution in [0.2, 0.25) is 5.02 Å². The highest BCUT2D eigenvalue weighted by Gasteiger charge is 2.06. The third-order valence-corrected chi connectivity index (χ3v) is 3.00. The second-order valence-corrected chi connectivity index (χ2v) is 4.57. The van der Waals surface area contributed by atoms with E-state index in [1.54, 1.807) is 4.68 Å². The summed E-state index contributed by atoms with van der Waals surface area (Å²) in [7, 11) is 1.89. The zero-order chi connectivity index (χ0) is 13.1. The SMILES string of the molecule is Cc1cc(COc2ccc(CN)cc2Cl)n(C)n1. The van der Waals surface area contributed by atoms with Crippen molar-refractivity contribution >= 4 is 11.6 Å². The molecule has 0 fully saturated rings. The van der Waals surface area contributed by atoms with Gasteiger partial charge >= 0.3 is 0 Å². The number of nitrogens with zero attached hydrogens (tertiary/aromatic N) is 2. The van der Waals surface area contributed by atoms with E-state index in [1.165, 1.54) is 0 Å². The van der Waals surface area contributed by atoms with E-state index in [0.29, 0.717) is 23.9 Å². The lowest BCUT2D eigenvalue weighted by Crippen LogP contribution is -2.03. The molecule has 0 bridgehead atoms. The molecule has 0 aliphatic heterocycles. The molecule has 5 heteroatoms. The topological polar surface area (TPSA) is 53.1 Å². The molecular weight excluding hydrogens is 250 g/mol. The number of benzene rings is 1. The molecule has 0 unspecified atom stereocenters. The number of ether oxygens (including phenoxy) is 1. The van der Waals surface area contributed by atoms with Gasteiger partial charge < -0.3 is 10.5 Å². The number of hydrogen-bond donors (Lipinski definition) is 1. The second kappa shape index (κ2) is 5.42. The smallest absolute Gasteiger partial charge is 0.138 e. The fourth-order valence-corrected chi connectivity index (χ4v) is 2.00. The Labute approximate surface area is 111 Å². The quantitative estimate of drug-likeness (QED) is 0.924. The normalized spacial score (nSPS) is 10.7. The van der Waals surface area contributed by atoms with E-state index in [9.17, 15) is 0 Å². The van der Waals surface area contributed by atoms with Gasteiger partial charge in [-0.2, -0.15) is 5.10 Å². The first-order chi connectivity index (χ1) is 8.60. The van der Waals surface area contributed by atoms with Gasteiger partial charge in [-0.25, -0.2) is 0 Å². The third-order valence-electron chi connectivity index (χ3n) is 2.71. The highest BCUT2D eigenvalue weighted by atomic mass is 35.5. The molecule has 0 atom stereocenters. The van der Waals surface area contributed by atoms with E-state index in [-0.39, 0.29) is 0 Å². The molecular formula is C13H16ClN3O. The Morgan fingerprint density at radius 3 is 2.72 bits per heavy atom. The lowest BCUT2D eigenvalue weighted by Gasteiger charge is -2.09. The van der Waals surface area contributed by atoms with E-state index in [2.05, 4.69) is 5.10 Å². The lowest BCUT2D eigenvalue weighted by molar-refractivity contribution is 0.295. The Bertz CT molecular complexity index is 551. The minimum Gasteiger partial charge on any atom is -0.486 e. The fourth-order valence-electron chi connectivity index (χ4n) is 1.74. The van der Waals surface area contributed by atoms with Gasteiger partial charge in [0.25, 0.3) is 0 Å². The molecule has 0 radical (unpaired) electrons. The van der Waals surface area contributed by atoms with Crippen LogP contribution in [0.4, 0.5) is 0 Å². The molecule has 1 aromatic carbocycles. The molecule has 1 aromatic heterocycles. The summed E-state index contributed by atoms with van der Waals surface area (Å²) in [5, 5.41) is 4.84. The van der Waals surface area contributed by atoms with Crippen LogP contribution < -0.4 is 10.5 Å². The Balaban J connectivity index is 2.08. The molecule has 1 heterocycles. The maximum absolute atomic E-state index is 6.12. The van der Waals surface area contributed by atoms with E-state index >= 15 is 0 Å². The highest BCUT2D eigenvalue weighted by Crippen LogP contribution is 2.26. The van der Waals surface area contributed by atoms with E-state index in [0.717, 1.165) is 17.0 Å². The molecule has 2 N–H and O–H groups in total. The van der Waals surface area contributed by atoms with E-state index in [4.69, 9.17) is 22.1 Å². The first kappa shape index (κ1) is 12.9. The molecule has 0 saturated heterocycles. The summed E-state index contributed by atoms with van der Waals surface area (Å²) in [6, 6.07) is 7.57. The van der Waals surface area contributed by atoms with E-state index in [1.807, 2.05) is 38.2 Å². The van der Waals surface area contributed by atoms with Crippen molar-refractivity contribution in [2.45, 2.75) is 20.1 Å². The first-order valence-electron chi connectivity index (χ1n) is 5.71. The Hall–Kier alpha value is -1.52. The average molecular weight is 266 g/mol. The predicted molar refractivity (Wildman–Crippen MR) is 71.6 cm³/mol. The van der Waals surface area contributed by atoms with Gasteiger partial charge in [0, 0.05) is 13.6 Å². The van der Waals surface area contributed by atoms with Gasteiger partial charge in [0.05, 0.1) is 16.4 Å². The minimum absolute atomic E-state index is 0.443. The second-order valence-electron chi connectivity index (χ2n) is 4.16. The van der Waals surface area contributed by atoms with Crippen LogP contribution in [0.1, 0.15) is 17.0 Å². The van der Waals surface area contributed by atoms with Crippen LogP contribution in [-0.2, 0) is 20.2 Å². The van der Waals surface area contributed by atoms with Crippen molar-refractivity contribution in [3.8, 4) is 5.75 Å².